The molecule has 19 heavy (non-hydrogen) atoms. The summed E-state index contributed by atoms with van der Waals surface area (Å²) in [6, 6.07) is 5.56. The predicted molar refractivity (Wildman–Crippen MR) is 71.2 cm³/mol. The molecule has 104 valence electrons. The Morgan fingerprint density at radius 1 is 1.47 bits per heavy atom. The van der Waals surface area contributed by atoms with E-state index in [4.69, 9.17) is 4.74 Å². The van der Waals surface area contributed by atoms with E-state index in [9.17, 15) is 13.2 Å². The number of nitrogens with zero attached hydrogens (tertiary/aromatic N) is 1. The van der Waals surface area contributed by atoms with Gasteiger partial charge in [-0.1, -0.05) is 12.6 Å². The van der Waals surface area contributed by atoms with E-state index in [1.54, 1.807) is 0 Å². The van der Waals surface area contributed by atoms with Gasteiger partial charge in [0.05, 0.1) is 5.75 Å². The molecule has 0 fully saturated rings. The van der Waals surface area contributed by atoms with Crippen LogP contribution < -0.4 is 4.57 Å². The summed E-state index contributed by atoms with van der Waals surface area (Å²) in [5, 5.41) is 0. The summed E-state index contributed by atoms with van der Waals surface area (Å²) in [6.45, 7) is 4.03. The standard InChI is InChI=1S/C13H18NO4S/c1-3-13(15)18-10-9-14-8-5-4-6-12(14)7-11-19(2,16)17/h3-6,8H,1,7,9-11H2,2H3/q+1. The zero-order valence-corrected chi connectivity index (χ0v) is 11.7. The number of rotatable bonds is 7. The Morgan fingerprint density at radius 2 is 2.21 bits per heavy atom. The first-order chi connectivity index (χ1) is 8.92. The number of sulfone groups is 1. The quantitative estimate of drug-likeness (QED) is 0.410. The maximum absolute atomic E-state index is 11.2. The fraction of sp³-hybridized carbons (Fsp3) is 0.385. The van der Waals surface area contributed by atoms with Crippen molar-refractivity contribution in [2.75, 3.05) is 18.6 Å². The van der Waals surface area contributed by atoms with E-state index in [1.807, 2.05) is 29.0 Å². The third-order valence-electron chi connectivity index (χ3n) is 2.51. The molecule has 0 saturated heterocycles. The highest BCUT2D eigenvalue weighted by Crippen LogP contribution is 1.96. The van der Waals surface area contributed by atoms with Crippen molar-refractivity contribution in [1.82, 2.24) is 0 Å². The van der Waals surface area contributed by atoms with Crippen molar-refractivity contribution in [1.29, 1.82) is 0 Å². The van der Waals surface area contributed by atoms with Crippen LogP contribution in [-0.2, 0) is 32.3 Å². The number of hydrogen-bond acceptors (Lipinski definition) is 4. The van der Waals surface area contributed by atoms with E-state index in [1.165, 1.54) is 6.26 Å². The molecule has 0 saturated carbocycles. The molecular weight excluding hydrogens is 266 g/mol. The van der Waals surface area contributed by atoms with Gasteiger partial charge in [-0.05, 0) is 0 Å². The van der Waals surface area contributed by atoms with Gasteiger partial charge in [0.25, 0.3) is 0 Å². The van der Waals surface area contributed by atoms with E-state index >= 15 is 0 Å². The van der Waals surface area contributed by atoms with Crippen LogP contribution in [0.2, 0.25) is 0 Å². The molecule has 6 heteroatoms. The molecule has 0 amide bonds. The first-order valence-corrected chi connectivity index (χ1v) is 7.92. The number of carbonyl (C=O) groups excluding carboxylic acids is 1. The van der Waals surface area contributed by atoms with Gasteiger partial charge in [-0.3, -0.25) is 0 Å². The first kappa shape index (κ1) is 15.4. The van der Waals surface area contributed by atoms with Crippen molar-refractivity contribution in [2.45, 2.75) is 13.0 Å². The van der Waals surface area contributed by atoms with Crippen LogP contribution in [0.3, 0.4) is 0 Å². The van der Waals surface area contributed by atoms with Crippen LogP contribution in [0.5, 0.6) is 0 Å². The van der Waals surface area contributed by atoms with Crippen LogP contribution in [0.25, 0.3) is 0 Å². The molecule has 1 aromatic rings. The minimum absolute atomic E-state index is 0.101. The molecule has 0 aliphatic heterocycles. The summed E-state index contributed by atoms with van der Waals surface area (Å²) in [4.78, 5) is 10.9. The lowest BCUT2D eigenvalue weighted by atomic mass is 10.3. The molecule has 0 N–H and O–H groups in total. The van der Waals surface area contributed by atoms with Gasteiger partial charge in [0.1, 0.15) is 9.84 Å². The fourth-order valence-corrected chi connectivity index (χ4v) is 2.13. The van der Waals surface area contributed by atoms with E-state index in [0.717, 1.165) is 11.8 Å². The van der Waals surface area contributed by atoms with E-state index in [2.05, 4.69) is 6.58 Å². The second-order valence-corrected chi connectivity index (χ2v) is 6.40. The minimum atomic E-state index is -2.99. The third-order valence-corrected chi connectivity index (χ3v) is 3.45. The van der Waals surface area contributed by atoms with Crippen molar-refractivity contribution >= 4 is 15.8 Å². The lowest BCUT2D eigenvalue weighted by Gasteiger charge is -2.04. The first-order valence-electron chi connectivity index (χ1n) is 5.86. The number of carbonyl (C=O) groups is 1. The smallest absolute Gasteiger partial charge is 0.330 e. The maximum Gasteiger partial charge on any atom is 0.330 e. The number of ether oxygens (including phenoxy) is 1. The van der Waals surface area contributed by atoms with E-state index < -0.39 is 15.8 Å². The SMILES string of the molecule is C=CC(=O)OCC[n+]1ccccc1CCS(C)(=O)=O. The largest absolute Gasteiger partial charge is 0.456 e. The molecule has 1 rings (SSSR count). The minimum Gasteiger partial charge on any atom is -0.456 e. The zero-order valence-electron chi connectivity index (χ0n) is 10.9. The van der Waals surface area contributed by atoms with Crippen molar-refractivity contribution in [3.05, 3.63) is 42.7 Å². The van der Waals surface area contributed by atoms with Crippen LogP contribution >= 0.6 is 0 Å². The van der Waals surface area contributed by atoms with Gasteiger partial charge < -0.3 is 4.74 Å². The van der Waals surface area contributed by atoms with Crippen molar-refractivity contribution in [3.8, 4) is 0 Å². The van der Waals surface area contributed by atoms with Crippen LogP contribution in [-0.4, -0.2) is 33.0 Å². The van der Waals surface area contributed by atoms with Crippen LogP contribution in [0, 0.1) is 0 Å². The summed E-state index contributed by atoms with van der Waals surface area (Å²) in [6.07, 6.45) is 4.60. The lowest BCUT2D eigenvalue weighted by molar-refractivity contribution is -0.704. The zero-order chi connectivity index (χ0) is 14.3. The third kappa shape index (κ3) is 6.15. The van der Waals surface area contributed by atoms with Gasteiger partial charge >= 0.3 is 5.97 Å². The molecule has 0 aliphatic rings. The van der Waals surface area contributed by atoms with Gasteiger partial charge in [0.2, 0.25) is 0 Å². The van der Waals surface area contributed by atoms with E-state index in [0.29, 0.717) is 13.0 Å². The van der Waals surface area contributed by atoms with Crippen LogP contribution in [0.15, 0.2) is 37.1 Å². The Bertz CT molecular complexity index is 552. The molecule has 0 atom stereocenters. The number of aromatic nitrogens is 1. The van der Waals surface area contributed by atoms with Crippen LogP contribution in [0.4, 0.5) is 0 Å². The van der Waals surface area contributed by atoms with Gasteiger partial charge in [-0.2, -0.15) is 4.57 Å². The second-order valence-electron chi connectivity index (χ2n) is 4.14. The number of hydrogen-bond donors (Lipinski definition) is 0. The van der Waals surface area contributed by atoms with Gasteiger partial charge in [-0.25, -0.2) is 13.2 Å². The maximum atomic E-state index is 11.2. The normalized spacial score (nSPS) is 11.0. The highest BCUT2D eigenvalue weighted by atomic mass is 32.2. The molecule has 0 aromatic carbocycles. The number of aryl methyl sites for hydroxylation is 1. The summed E-state index contributed by atoms with van der Waals surface area (Å²) >= 11 is 0. The van der Waals surface area contributed by atoms with Gasteiger partial charge in [0.15, 0.2) is 25.0 Å². The fourth-order valence-electron chi connectivity index (χ4n) is 1.55. The highest BCUT2D eigenvalue weighted by Gasteiger charge is 2.13. The van der Waals surface area contributed by atoms with Gasteiger partial charge in [0, 0.05) is 30.9 Å². The molecule has 1 heterocycles. The average molecular weight is 284 g/mol. The predicted octanol–water partition coefficient (Wildman–Crippen LogP) is 0.290. The molecule has 0 radical (unpaired) electrons. The molecule has 5 nitrogen and oxygen atoms in total. The van der Waals surface area contributed by atoms with Gasteiger partial charge in [-0.15, -0.1) is 0 Å². The molecule has 0 spiro atoms. The van der Waals surface area contributed by atoms with Crippen molar-refractivity contribution in [3.63, 3.8) is 0 Å². The molecule has 0 unspecified atom stereocenters. The molecule has 0 bridgehead atoms. The average Bonchev–Trinajstić information content (AvgIpc) is 2.36. The van der Waals surface area contributed by atoms with E-state index in [-0.39, 0.29) is 12.4 Å². The highest BCUT2D eigenvalue weighted by molar-refractivity contribution is 7.90. The molecule has 1 aromatic heterocycles. The summed E-state index contributed by atoms with van der Waals surface area (Å²) < 4.78 is 29.1. The van der Waals surface area contributed by atoms with Crippen molar-refractivity contribution < 1.29 is 22.5 Å². The Labute approximate surface area is 113 Å². The molecular formula is C13H18NO4S+. The second kappa shape index (κ2) is 7.04. The Hall–Kier alpha value is -1.69. The Morgan fingerprint density at radius 3 is 2.84 bits per heavy atom. The number of esters is 1. The monoisotopic (exact) mass is 284 g/mol. The van der Waals surface area contributed by atoms with Crippen LogP contribution in [0.1, 0.15) is 5.69 Å². The Kier molecular flexibility index (Phi) is 5.69. The lowest BCUT2D eigenvalue weighted by Crippen LogP contribution is -2.40. The summed E-state index contributed by atoms with van der Waals surface area (Å²) in [5.41, 5.74) is 0.891. The topological polar surface area (TPSA) is 64.3 Å². The van der Waals surface area contributed by atoms with Crippen molar-refractivity contribution in [2.24, 2.45) is 0 Å². The number of pyridine rings is 1. The summed E-state index contributed by atoms with van der Waals surface area (Å²) in [5.74, 6) is -0.363. The summed E-state index contributed by atoms with van der Waals surface area (Å²) in [7, 11) is -2.99. The Balaban J connectivity index is 2.62. The molecule has 0 aliphatic carbocycles.